The van der Waals surface area contributed by atoms with E-state index in [4.69, 9.17) is 42.6 Å². The molecule has 3 aromatic heterocycles. The van der Waals surface area contributed by atoms with Crippen molar-refractivity contribution in [2.45, 2.75) is 299 Å². The lowest BCUT2D eigenvalue weighted by Crippen LogP contribution is -2.64. The first-order chi connectivity index (χ1) is 69.0. The molecule has 37 nitrogen and oxygen atoms in total. The van der Waals surface area contributed by atoms with Crippen molar-refractivity contribution in [2.75, 3.05) is 219 Å². The summed E-state index contributed by atoms with van der Waals surface area (Å²) in [5.74, 6) is 8.01. The first-order valence-electron chi connectivity index (χ1n) is 53.5. The van der Waals surface area contributed by atoms with E-state index in [1.165, 1.54) is 69.8 Å². The topological polar surface area (TPSA) is 348 Å². The van der Waals surface area contributed by atoms with Gasteiger partial charge < -0.3 is 101 Å². The third kappa shape index (κ3) is 44.4. The highest BCUT2D eigenvalue weighted by atomic mass is 19.4. The molecule has 147 heavy (non-hydrogen) atoms. The van der Waals surface area contributed by atoms with Crippen molar-refractivity contribution < 1.29 is 103 Å². The molecule has 2 aliphatic carbocycles. The van der Waals surface area contributed by atoms with E-state index in [0.717, 1.165) is 171 Å². The van der Waals surface area contributed by atoms with Crippen LogP contribution in [-0.4, -0.2) is 420 Å². The standard InChI is InChI=1S/C13H21N3.C12H20N2O3.C12H22N2O3.C11H17N3.C10H14FN3.C9H15NO2.2C9H17NO2.C8H15NO2.C7H13NO2.C6H8F3NO2/c1-3-4-11-9-14-13(15-10-11)12-5-7-16(2)8-6-12;1-12(3-4-12)17-11(15)14-5-9-7-16-8-10(6-14)13(9)2;1-12(2,3)17-11(15)14-5-9-7-16-8-10(6-14)13(9)4;1-9-7-12-11(13-8-9)10-3-5-14(2)6-4-10;1-14-4-2-8(3-5-14)10-12-6-9(11)7-13-10;1-7-5-10(6-7)8(11)12-9(2)3-4-9;1-7-5-10(6-7)8(11)12-9(2,3)4;1-7(2)6-12-9(11)10-4-8(3)5-10;1-6(2)11-8(10)9-4-7(3)5-9;1-3-10-7(9)8-4-6(2)5-8;1-4-2-10(3-4)5(11)12-6(7,8)9/h9-10,12H,3-8H2,1-2H3;9-10H,3-8H2,1-2H3;9-10H,5-8H2,1-4H3;7-8,10H,3-6H2,1-2H3;6-8H,2-5H2,1H3;7H,3-6H2,1-2H3;7H,5-6H2,1-4H3;7-8H,4-6H2,1-3H3;6-7H,4-5H2,1-3H3;6H,3-5H2,1-2H3;4H,2-3H2,1H3. The number of carbonyl (C=O) groups excluding carboxylic acids is 8. The van der Waals surface area contributed by atoms with Gasteiger partial charge in [-0.25, -0.2) is 72.7 Å². The second kappa shape index (κ2) is 57.9. The number of hydrogen-bond acceptors (Lipinski definition) is 29. The van der Waals surface area contributed by atoms with Crippen LogP contribution in [-0.2, 0) is 53.8 Å². The summed E-state index contributed by atoms with van der Waals surface area (Å²) in [6.07, 6.45) is 16.3. The van der Waals surface area contributed by atoms with Crippen LogP contribution in [0.3, 0.4) is 0 Å². The molecule has 0 N–H and O–H groups in total. The number of fused-ring (bicyclic) bond motifs is 4. The Kier molecular flexibility index (Phi) is 48.5. The van der Waals surface area contributed by atoms with E-state index in [-0.39, 0.29) is 77.3 Å². The van der Waals surface area contributed by atoms with Gasteiger partial charge in [0, 0.05) is 147 Å². The lowest BCUT2D eigenvalue weighted by Gasteiger charge is -2.47. The first kappa shape index (κ1) is 123. The molecule has 0 radical (unpaired) electrons. The van der Waals surface area contributed by atoms with Gasteiger partial charge in [-0.15, -0.1) is 13.2 Å². The molecule has 0 aromatic carbocycles. The number of aryl methyl sites for hydroxylation is 2. The van der Waals surface area contributed by atoms with Crippen molar-refractivity contribution >= 4 is 48.7 Å². The third-order valence-electron chi connectivity index (χ3n) is 27.4. The average Bonchev–Trinajstić information content (AvgIpc) is 1.78. The molecular weight excluding hydrogens is 1900 g/mol. The fraction of sp³-hybridized carbons (Fsp3) is 0.811. The number of amides is 8. The van der Waals surface area contributed by atoms with Crippen molar-refractivity contribution in [1.82, 2.24) is 93.6 Å². The van der Waals surface area contributed by atoms with E-state index in [9.17, 15) is 55.9 Å². The molecule has 4 bridgehead atoms. The van der Waals surface area contributed by atoms with Crippen LogP contribution >= 0.6 is 0 Å². The number of aromatic nitrogens is 6. The zero-order valence-corrected chi connectivity index (χ0v) is 93.3. The molecule has 16 heterocycles. The largest absolute Gasteiger partial charge is 0.576 e. The predicted molar refractivity (Wildman–Crippen MR) is 551 cm³/mol. The number of nitrogens with zero attached hydrogens (tertiary/aromatic N) is 19. The van der Waals surface area contributed by atoms with Crippen molar-refractivity contribution in [3.8, 4) is 0 Å². The molecule has 4 atom stereocenters. The Morgan fingerprint density at radius 3 is 0.946 bits per heavy atom. The van der Waals surface area contributed by atoms with Crippen LogP contribution in [0.2, 0.25) is 0 Å². The summed E-state index contributed by atoms with van der Waals surface area (Å²) in [6.45, 7) is 64.4. The van der Waals surface area contributed by atoms with E-state index < -0.39 is 18.1 Å². The monoisotopic (exact) mass is 2080 g/mol. The second-order valence-electron chi connectivity index (χ2n) is 46.2. The zero-order valence-electron chi connectivity index (χ0n) is 93.3. The number of likely N-dealkylation sites (tertiary alicyclic amines) is 9. The second-order valence-corrected chi connectivity index (χ2v) is 46.2. The summed E-state index contributed by atoms with van der Waals surface area (Å²) < 4.78 is 97.4. The van der Waals surface area contributed by atoms with Gasteiger partial charge in [-0.3, -0.25) is 9.80 Å². The summed E-state index contributed by atoms with van der Waals surface area (Å²) >= 11 is 0. The summed E-state index contributed by atoms with van der Waals surface area (Å²) in [5, 5.41) is 0. The van der Waals surface area contributed by atoms with Gasteiger partial charge in [-0.1, -0.05) is 68.7 Å². The predicted octanol–water partition coefficient (Wildman–Crippen LogP) is 16.3. The summed E-state index contributed by atoms with van der Waals surface area (Å²) in [6, 6.07) is 1.24. The van der Waals surface area contributed by atoms with Gasteiger partial charge in [0.2, 0.25) is 0 Å². The van der Waals surface area contributed by atoms with E-state index in [1.807, 2.05) is 138 Å². The Morgan fingerprint density at radius 2 is 0.667 bits per heavy atom. The summed E-state index contributed by atoms with van der Waals surface area (Å²) in [7, 11) is 10.7. The molecule has 3 aromatic rings. The average molecular weight is 2080 g/mol. The van der Waals surface area contributed by atoms with Crippen molar-refractivity contribution in [2.24, 2.45) is 41.4 Å². The maximum absolute atomic E-state index is 12.6. The third-order valence-corrected chi connectivity index (χ3v) is 27.4. The molecule has 4 unspecified atom stereocenters. The number of piperidine rings is 3. The van der Waals surface area contributed by atoms with Gasteiger partial charge in [0.15, 0.2) is 5.82 Å². The van der Waals surface area contributed by atoms with E-state index in [2.05, 4.69) is 136 Å². The molecule has 15 aliphatic rings. The molecule has 834 valence electrons. The SMILES string of the molecule is CC(C)COC(=O)N1CC(C)C1.CC1CN(C(=O)OC(C)(C)C)C1.CC1CN(C(=O)OC(C)C)C1.CC1CN(C(=O)OC(F)(F)F)C1.CC1CN(C(=O)OC2(C)CC2)C1.CCCc1cnc(C2CCN(C)CC2)nc1.CCOC(=O)N1CC(C)C1.CN1C2COCC1CN(C(=O)OC(C)(C)C)C2.CN1C2COCC1CN(C(=O)OC1(C)CC1)C2.CN1CCC(c2ncc(F)cn2)CC1.Cc1cnc(C2CCN(C)CC2)nc1. The number of alkyl halides is 3. The van der Waals surface area contributed by atoms with Crippen LogP contribution < -0.4 is 0 Å². The minimum Gasteiger partial charge on any atom is -0.450 e. The fourth-order valence-corrected chi connectivity index (χ4v) is 17.7. The molecule has 15 fully saturated rings. The Morgan fingerprint density at radius 1 is 0.395 bits per heavy atom. The normalized spacial score (nSPS) is 22.7. The van der Waals surface area contributed by atoms with Gasteiger partial charge in [0.05, 0.1) is 82.3 Å². The lowest BCUT2D eigenvalue weighted by molar-refractivity contribution is -0.296. The van der Waals surface area contributed by atoms with Gasteiger partial charge in [0.25, 0.3) is 0 Å². The number of halogens is 4. The molecular formula is C106H179F4N19O18. The number of morpholine rings is 2. The van der Waals surface area contributed by atoms with Crippen molar-refractivity contribution in [1.29, 1.82) is 0 Å². The van der Waals surface area contributed by atoms with Gasteiger partial charge >= 0.3 is 55.1 Å². The first-order valence-corrected chi connectivity index (χ1v) is 53.5. The lowest BCUT2D eigenvalue weighted by atomic mass is 9.96. The Hall–Kier alpha value is -9.16. The number of ether oxygens (including phenoxy) is 10. The van der Waals surface area contributed by atoms with Gasteiger partial charge in [-0.05, 0) is 281 Å². The minimum absolute atomic E-state index is 0.00148. The number of likely N-dealkylation sites (N-methyl/N-ethyl adjacent to an activating group) is 2. The Labute approximate surface area is 872 Å². The molecule has 41 heteroatoms. The zero-order chi connectivity index (χ0) is 109. The summed E-state index contributed by atoms with van der Waals surface area (Å²) in [5.41, 5.74) is 1.32. The van der Waals surface area contributed by atoms with Crippen LogP contribution in [0, 0.1) is 54.2 Å². The number of carbonyl (C=O) groups is 8. The van der Waals surface area contributed by atoms with Crippen LogP contribution in [0.5, 0.6) is 0 Å². The van der Waals surface area contributed by atoms with Gasteiger partial charge in [0.1, 0.15) is 39.9 Å². The Bertz CT molecular complexity index is 4210. The number of hydrogen-bond donors (Lipinski definition) is 0. The van der Waals surface area contributed by atoms with E-state index in [1.54, 1.807) is 24.5 Å². The van der Waals surface area contributed by atoms with Crippen LogP contribution in [0.1, 0.15) is 255 Å². The number of rotatable bonds is 11. The minimum atomic E-state index is -4.87. The van der Waals surface area contributed by atoms with E-state index >= 15 is 0 Å². The highest BCUT2D eigenvalue weighted by molar-refractivity contribution is 5.72. The molecule has 13 aliphatic heterocycles. The van der Waals surface area contributed by atoms with Crippen LogP contribution in [0.25, 0.3) is 0 Å². The maximum Gasteiger partial charge on any atom is 0.576 e. The van der Waals surface area contributed by atoms with Crippen LogP contribution in [0.4, 0.5) is 55.9 Å². The molecule has 8 amide bonds. The smallest absolute Gasteiger partial charge is 0.450 e. The molecule has 13 saturated heterocycles. The molecule has 18 rings (SSSR count). The molecule has 2 saturated carbocycles. The quantitative estimate of drug-likeness (QED) is 0.127. The van der Waals surface area contributed by atoms with E-state index in [0.29, 0.717) is 143 Å². The molecule has 0 spiro atoms. The fourth-order valence-electron chi connectivity index (χ4n) is 17.7. The van der Waals surface area contributed by atoms with Crippen molar-refractivity contribution in [3.05, 3.63) is 71.6 Å². The van der Waals surface area contributed by atoms with Gasteiger partial charge in [-0.2, -0.15) is 0 Å². The Balaban J connectivity index is 0.000000198. The summed E-state index contributed by atoms with van der Waals surface area (Å²) in [4.78, 5) is 141. The maximum atomic E-state index is 12.6. The highest BCUT2D eigenvalue weighted by Gasteiger charge is 2.48. The highest BCUT2D eigenvalue weighted by Crippen LogP contribution is 2.41. The van der Waals surface area contributed by atoms with Crippen molar-refractivity contribution in [3.63, 3.8) is 0 Å². The number of piperazine rings is 2. The van der Waals surface area contributed by atoms with Crippen LogP contribution in [0.15, 0.2) is 37.2 Å².